The van der Waals surface area contributed by atoms with Crippen LogP contribution >= 0.6 is 11.3 Å². The molecule has 1 heterocycles. The molecular formula is C12H12N2O8S. The highest BCUT2D eigenvalue weighted by molar-refractivity contribution is 7.11. The highest BCUT2D eigenvalue weighted by Gasteiger charge is 2.18. The molecule has 0 amide bonds. The number of hydrogen-bond donors (Lipinski definition) is 5. The van der Waals surface area contributed by atoms with Gasteiger partial charge in [0.05, 0.1) is 25.1 Å². The van der Waals surface area contributed by atoms with Gasteiger partial charge in [0.15, 0.2) is 0 Å². The Kier molecular flexibility index (Phi) is 8.60. The number of thiophene rings is 1. The molecule has 0 aliphatic rings. The molecule has 1 aromatic heterocycles. The summed E-state index contributed by atoms with van der Waals surface area (Å²) in [5, 5.41) is 45.2. The Morgan fingerprint density at radius 2 is 1.57 bits per heavy atom. The average molecular weight is 344 g/mol. The van der Waals surface area contributed by atoms with Gasteiger partial charge < -0.3 is 20.4 Å². The minimum atomic E-state index is -1.21. The predicted molar refractivity (Wildman–Crippen MR) is 75.5 cm³/mol. The summed E-state index contributed by atoms with van der Waals surface area (Å²) in [4.78, 5) is 40.6. The molecule has 0 saturated carbocycles. The molecule has 124 valence electrons. The van der Waals surface area contributed by atoms with Crippen LogP contribution in [-0.2, 0) is 20.8 Å². The van der Waals surface area contributed by atoms with E-state index in [0.717, 1.165) is 11.3 Å². The van der Waals surface area contributed by atoms with Crippen LogP contribution in [0.25, 0.3) is 0 Å². The number of carboxylic acids is 4. The van der Waals surface area contributed by atoms with Crippen LogP contribution in [0.4, 0.5) is 0 Å². The molecule has 0 aliphatic heterocycles. The Morgan fingerprint density at radius 1 is 1.04 bits per heavy atom. The highest BCUT2D eigenvalue weighted by Crippen LogP contribution is 2.22. The zero-order valence-electron chi connectivity index (χ0n) is 11.5. The molecule has 0 aromatic carbocycles. The highest BCUT2D eigenvalue weighted by atomic mass is 32.1. The summed E-state index contributed by atoms with van der Waals surface area (Å²) in [5.41, 5.74) is -0.0218. The SMILES string of the molecule is N#Cc1scc(C(=O)O)c1CC(=O)O.O=C(O)CNCC(=O)O. The van der Waals surface area contributed by atoms with Gasteiger partial charge in [-0.25, -0.2) is 4.79 Å². The van der Waals surface area contributed by atoms with Crippen LogP contribution in [0, 0.1) is 11.3 Å². The first kappa shape index (κ1) is 20.0. The molecule has 1 aromatic rings. The first-order chi connectivity index (χ1) is 10.7. The van der Waals surface area contributed by atoms with Crippen LogP contribution in [0.5, 0.6) is 0 Å². The van der Waals surface area contributed by atoms with Crippen molar-refractivity contribution in [3.05, 3.63) is 21.4 Å². The molecule has 5 N–H and O–H groups in total. The zero-order chi connectivity index (χ0) is 18.0. The first-order valence-electron chi connectivity index (χ1n) is 5.78. The monoisotopic (exact) mass is 344 g/mol. The predicted octanol–water partition coefficient (Wildman–Crippen LogP) is -0.310. The summed E-state index contributed by atoms with van der Waals surface area (Å²) in [6.07, 6.45) is -0.436. The Hall–Kier alpha value is -2.97. The van der Waals surface area contributed by atoms with E-state index in [0.29, 0.717) is 0 Å². The molecule has 23 heavy (non-hydrogen) atoms. The zero-order valence-corrected chi connectivity index (χ0v) is 12.3. The largest absolute Gasteiger partial charge is 0.481 e. The molecule has 0 spiro atoms. The quantitative estimate of drug-likeness (QED) is 0.439. The Bertz CT molecular complexity index is 632. The third kappa shape index (κ3) is 8.15. The van der Waals surface area contributed by atoms with Crippen molar-refractivity contribution in [2.24, 2.45) is 0 Å². The van der Waals surface area contributed by atoms with E-state index in [1.807, 2.05) is 0 Å². The lowest BCUT2D eigenvalue weighted by molar-refractivity contribution is -0.138. The topological polar surface area (TPSA) is 185 Å². The summed E-state index contributed by atoms with van der Waals surface area (Å²) in [6.45, 7) is -0.626. The number of carboxylic acid groups (broad SMARTS) is 4. The van der Waals surface area contributed by atoms with E-state index < -0.39 is 30.3 Å². The minimum Gasteiger partial charge on any atom is -0.481 e. The maximum atomic E-state index is 10.6. The van der Waals surface area contributed by atoms with Crippen molar-refractivity contribution < 1.29 is 39.6 Å². The first-order valence-corrected chi connectivity index (χ1v) is 6.66. The fraction of sp³-hybridized carbons (Fsp3) is 0.250. The Morgan fingerprint density at radius 3 is 1.91 bits per heavy atom. The fourth-order valence-corrected chi connectivity index (χ4v) is 2.11. The average Bonchev–Trinajstić information content (AvgIpc) is 2.80. The van der Waals surface area contributed by atoms with Gasteiger partial charge in [0.1, 0.15) is 10.9 Å². The molecule has 0 bridgehead atoms. The van der Waals surface area contributed by atoms with Crippen LogP contribution < -0.4 is 5.32 Å². The van der Waals surface area contributed by atoms with Gasteiger partial charge in [0.25, 0.3) is 0 Å². The lowest BCUT2D eigenvalue weighted by Gasteiger charge is -1.96. The summed E-state index contributed by atoms with van der Waals surface area (Å²) in [5.74, 6) is -4.48. The number of aliphatic carboxylic acids is 3. The second kappa shape index (κ2) is 9.87. The van der Waals surface area contributed by atoms with Crippen molar-refractivity contribution in [3.8, 4) is 6.07 Å². The van der Waals surface area contributed by atoms with Gasteiger partial charge >= 0.3 is 23.9 Å². The van der Waals surface area contributed by atoms with E-state index >= 15 is 0 Å². The van der Waals surface area contributed by atoms with Crippen molar-refractivity contribution in [1.82, 2.24) is 5.32 Å². The fourth-order valence-electron chi connectivity index (χ4n) is 1.26. The smallest absolute Gasteiger partial charge is 0.336 e. The summed E-state index contributed by atoms with van der Waals surface area (Å²) < 4.78 is 0. The number of carbonyl (C=O) groups is 4. The molecule has 0 fully saturated rings. The van der Waals surface area contributed by atoms with E-state index in [1.54, 1.807) is 6.07 Å². The van der Waals surface area contributed by atoms with Gasteiger partial charge in [0.2, 0.25) is 0 Å². The van der Waals surface area contributed by atoms with Crippen LogP contribution in [0.3, 0.4) is 0 Å². The molecule has 1 rings (SSSR count). The standard InChI is InChI=1S/C8H5NO4S.C4H7NO4/c9-2-6-4(1-7(10)11)5(3-14-6)8(12)13;6-3(7)1-5-2-4(8)9/h3H,1H2,(H,10,11)(H,12,13);5H,1-2H2,(H,6,7)(H,8,9). The van der Waals surface area contributed by atoms with E-state index in [2.05, 4.69) is 5.32 Å². The van der Waals surface area contributed by atoms with Crippen molar-refractivity contribution in [2.45, 2.75) is 6.42 Å². The van der Waals surface area contributed by atoms with Crippen LogP contribution in [0.15, 0.2) is 5.38 Å². The van der Waals surface area contributed by atoms with Crippen LogP contribution in [0.2, 0.25) is 0 Å². The summed E-state index contributed by atoms with van der Waals surface area (Å²) >= 11 is 0.941. The minimum absolute atomic E-state index is 0.0810. The molecule has 11 heteroatoms. The number of aromatic carboxylic acids is 1. The third-order valence-electron chi connectivity index (χ3n) is 2.11. The molecular weight excluding hydrogens is 332 g/mol. The van der Waals surface area contributed by atoms with E-state index in [1.165, 1.54) is 5.38 Å². The molecule has 10 nitrogen and oxygen atoms in total. The van der Waals surface area contributed by atoms with Gasteiger partial charge in [0, 0.05) is 10.9 Å². The van der Waals surface area contributed by atoms with Gasteiger partial charge in [-0.2, -0.15) is 5.26 Å². The summed E-state index contributed by atoms with van der Waals surface area (Å²) in [7, 11) is 0. The van der Waals surface area contributed by atoms with Crippen LogP contribution in [0.1, 0.15) is 20.8 Å². The number of rotatable bonds is 7. The second-order valence-corrected chi connectivity index (χ2v) is 4.72. The molecule has 0 aliphatic carbocycles. The van der Waals surface area contributed by atoms with Crippen molar-refractivity contribution in [3.63, 3.8) is 0 Å². The number of hydrogen-bond acceptors (Lipinski definition) is 7. The lowest BCUT2D eigenvalue weighted by atomic mass is 10.1. The van der Waals surface area contributed by atoms with Gasteiger partial charge in [-0.15, -0.1) is 11.3 Å². The van der Waals surface area contributed by atoms with E-state index in [9.17, 15) is 19.2 Å². The van der Waals surface area contributed by atoms with Gasteiger partial charge in [-0.3, -0.25) is 19.7 Å². The molecule has 0 atom stereocenters. The number of nitriles is 1. The van der Waals surface area contributed by atoms with E-state index in [4.69, 9.17) is 25.7 Å². The number of nitrogens with zero attached hydrogens (tertiary/aromatic N) is 1. The second-order valence-electron chi connectivity index (χ2n) is 3.84. The van der Waals surface area contributed by atoms with Crippen molar-refractivity contribution >= 4 is 35.2 Å². The maximum Gasteiger partial charge on any atom is 0.336 e. The number of nitrogens with one attached hydrogen (secondary N) is 1. The normalized spacial score (nSPS) is 9.17. The molecule has 0 radical (unpaired) electrons. The van der Waals surface area contributed by atoms with Crippen LogP contribution in [-0.4, -0.2) is 57.4 Å². The van der Waals surface area contributed by atoms with Gasteiger partial charge in [-0.1, -0.05) is 0 Å². The third-order valence-corrected chi connectivity index (χ3v) is 3.03. The van der Waals surface area contributed by atoms with Gasteiger partial charge in [-0.05, 0) is 0 Å². The Labute approximate surface area is 133 Å². The Balaban J connectivity index is 0.000000468. The maximum absolute atomic E-state index is 10.6. The summed E-state index contributed by atoms with van der Waals surface area (Å²) in [6, 6.07) is 1.77. The van der Waals surface area contributed by atoms with E-state index in [-0.39, 0.29) is 29.1 Å². The van der Waals surface area contributed by atoms with Crippen molar-refractivity contribution in [2.75, 3.05) is 13.1 Å². The lowest BCUT2D eigenvalue weighted by Crippen LogP contribution is -2.27. The van der Waals surface area contributed by atoms with Crippen molar-refractivity contribution in [1.29, 1.82) is 5.26 Å². The molecule has 0 saturated heterocycles. The molecule has 0 unspecified atom stereocenters.